The number of halogens is 1. The van der Waals surface area contributed by atoms with Crippen molar-refractivity contribution in [3.05, 3.63) is 111 Å². The number of rotatable bonds is 5. The van der Waals surface area contributed by atoms with Crippen LogP contribution in [-0.2, 0) is 13.1 Å². The van der Waals surface area contributed by atoms with Crippen molar-refractivity contribution in [2.45, 2.75) is 20.0 Å². The average Bonchev–Trinajstić information content (AvgIpc) is 2.70. The third-order valence-electron chi connectivity index (χ3n) is 4.64. The highest BCUT2D eigenvalue weighted by atomic mass is 35.5. The largest absolute Gasteiger partial charge is 0.361 e. The van der Waals surface area contributed by atoms with Crippen LogP contribution in [0.4, 0.5) is 5.69 Å². The van der Waals surface area contributed by atoms with E-state index in [9.17, 15) is 4.79 Å². The number of nitrogens with zero attached hydrogens (tertiary/aromatic N) is 3. The quantitative estimate of drug-likeness (QED) is 0.489. The minimum atomic E-state index is -0.133. The van der Waals surface area contributed by atoms with Crippen LogP contribution in [0.25, 0.3) is 5.65 Å². The predicted octanol–water partition coefficient (Wildman–Crippen LogP) is 4.86. The first-order valence-corrected chi connectivity index (χ1v) is 9.50. The molecule has 4 aromatic rings. The molecule has 2 heterocycles. The van der Waals surface area contributed by atoms with Crippen LogP contribution in [0, 0.1) is 6.92 Å². The molecular formula is C23H20ClN3O. The fraction of sp³-hybridized carbons (Fsp3) is 0.130. The van der Waals surface area contributed by atoms with Gasteiger partial charge in [0.1, 0.15) is 5.65 Å². The molecule has 0 unspecified atom stereocenters. The maximum absolute atomic E-state index is 12.5. The average molecular weight is 390 g/mol. The Bertz CT molecular complexity index is 1150. The molecule has 0 N–H and O–H groups in total. The van der Waals surface area contributed by atoms with Crippen LogP contribution in [0.3, 0.4) is 0 Å². The highest BCUT2D eigenvalue weighted by Gasteiger charge is 2.11. The van der Waals surface area contributed by atoms with E-state index in [2.05, 4.69) is 53.2 Å². The zero-order valence-electron chi connectivity index (χ0n) is 15.5. The third-order valence-corrected chi connectivity index (χ3v) is 4.87. The van der Waals surface area contributed by atoms with Gasteiger partial charge in [0.25, 0.3) is 5.56 Å². The second-order valence-electron chi connectivity index (χ2n) is 6.84. The number of anilines is 1. The number of fused-ring (bicyclic) bond motifs is 1. The summed E-state index contributed by atoms with van der Waals surface area (Å²) in [7, 11) is 0. The van der Waals surface area contributed by atoms with Crippen LogP contribution in [0.5, 0.6) is 0 Å². The smallest absolute Gasteiger partial charge is 0.258 e. The summed E-state index contributed by atoms with van der Waals surface area (Å²) < 4.78 is 1.47. The minimum absolute atomic E-state index is 0.133. The number of aromatic nitrogens is 2. The van der Waals surface area contributed by atoms with Gasteiger partial charge in [0.05, 0.1) is 17.3 Å². The summed E-state index contributed by atoms with van der Waals surface area (Å²) in [6.07, 6.45) is 1.59. The van der Waals surface area contributed by atoms with E-state index in [4.69, 9.17) is 11.6 Å². The fourth-order valence-corrected chi connectivity index (χ4v) is 3.36. The van der Waals surface area contributed by atoms with Gasteiger partial charge in [0.2, 0.25) is 0 Å². The molecule has 0 spiro atoms. The van der Waals surface area contributed by atoms with Gasteiger partial charge in [-0.3, -0.25) is 9.20 Å². The Balaban J connectivity index is 1.70. The maximum Gasteiger partial charge on any atom is 0.258 e. The molecular weight excluding hydrogens is 370 g/mol. The van der Waals surface area contributed by atoms with Crippen LogP contribution in [0.15, 0.2) is 83.8 Å². The van der Waals surface area contributed by atoms with Gasteiger partial charge in [0, 0.05) is 24.5 Å². The van der Waals surface area contributed by atoms with Gasteiger partial charge >= 0.3 is 0 Å². The standard InChI is InChI=1S/C23H20ClN3O/c1-17-7-10-21(11-8-17)26(14-18-5-3-2-4-6-18)16-20-13-23(28)27-15-19(24)9-12-22(27)25-20/h2-13,15H,14,16H2,1H3. The number of hydrogen-bond donors (Lipinski definition) is 0. The minimum Gasteiger partial charge on any atom is -0.361 e. The Labute approximate surface area is 168 Å². The topological polar surface area (TPSA) is 37.6 Å². The molecule has 0 saturated heterocycles. The molecule has 4 nitrogen and oxygen atoms in total. The van der Waals surface area contributed by atoms with Crippen LogP contribution < -0.4 is 10.5 Å². The van der Waals surface area contributed by atoms with Gasteiger partial charge in [-0.05, 0) is 36.8 Å². The fourth-order valence-electron chi connectivity index (χ4n) is 3.20. The zero-order valence-corrected chi connectivity index (χ0v) is 16.3. The molecule has 28 heavy (non-hydrogen) atoms. The van der Waals surface area contributed by atoms with E-state index < -0.39 is 0 Å². The van der Waals surface area contributed by atoms with Crippen molar-refractivity contribution < 1.29 is 0 Å². The Morgan fingerprint density at radius 2 is 1.71 bits per heavy atom. The first-order valence-electron chi connectivity index (χ1n) is 9.12. The lowest BCUT2D eigenvalue weighted by atomic mass is 10.1. The van der Waals surface area contributed by atoms with E-state index in [0.717, 1.165) is 17.9 Å². The molecule has 140 valence electrons. The third kappa shape index (κ3) is 4.07. The van der Waals surface area contributed by atoms with Gasteiger partial charge in [-0.15, -0.1) is 0 Å². The molecule has 0 fully saturated rings. The molecule has 4 rings (SSSR count). The summed E-state index contributed by atoms with van der Waals surface area (Å²) in [5, 5.41) is 0.509. The maximum atomic E-state index is 12.5. The molecule has 0 radical (unpaired) electrons. The van der Waals surface area contributed by atoms with Gasteiger partial charge in [-0.1, -0.05) is 59.6 Å². The Kier molecular flexibility index (Phi) is 5.13. The second kappa shape index (κ2) is 7.87. The SMILES string of the molecule is Cc1ccc(N(Cc2ccccc2)Cc2cc(=O)n3cc(Cl)ccc3n2)cc1. The van der Waals surface area contributed by atoms with Crippen molar-refractivity contribution in [2.75, 3.05) is 4.90 Å². The highest BCUT2D eigenvalue weighted by Crippen LogP contribution is 2.20. The van der Waals surface area contributed by atoms with E-state index in [-0.39, 0.29) is 5.56 Å². The Morgan fingerprint density at radius 1 is 0.964 bits per heavy atom. The first kappa shape index (κ1) is 18.3. The van der Waals surface area contributed by atoms with Crippen molar-refractivity contribution in [1.82, 2.24) is 9.38 Å². The van der Waals surface area contributed by atoms with Gasteiger partial charge in [0.15, 0.2) is 0 Å². The molecule has 0 amide bonds. The predicted molar refractivity (Wildman–Crippen MR) is 114 cm³/mol. The normalized spacial score (nSPS) is 10.9. The van der Waals surface area contributed by atoms with Crippen molar-refractivity contribution in [2.24, 2.45) is 0 Å². The van der Waals surface area contributed by atoms with Crippen LogP contribution in [-0.4, -0.2) is 9.38 Å². The molecule has 0 aliphatic rings. The van der Waals surface area contributed by atoms with Crippen LogP contribution in [0.1, 0.15) is 16.8 Å². The Hall–Kier alpha value is -3.11. The summed E-state index contributed by atoms with van der Waals surface area (Å²) in [6, 6.07) is 23.8. The van der Waals surface area contributed by atoms with Gasteiger partial charge in [-0.25, -0.2) is 4.98 Å². The zero-order chi connectivity index (χ0) is 19.5. The van der Waals surface area contributed by atoms with E-state index in [0.29, 0.717) is 17.2 Å². The van der Waals surface area contributed by atoms with Crippen molar-refractivity contribution >= 4 is 22.9 Å². The van der Waals surface area contributed by atoms with Crippen LogP contribution in [0.2, 0.25) is 5.02 Å². The van der Waals surface area contributed by atoms with Gasteiger partial charge < -0.3 is 4.90 Å². The summed E-state index contributed by atoms with van der Waals surface area (Å²) in [6.45, 7) is 3.33. The lowest BCUT2D eigenvalue weighted by Crippen LogP contribution is -2.25. The molecule has 0 saturated carbocycles. The van der Waals surface area contributed by atoms with Crippen LogP contribution >= 0.6 is 11.6 Å². The molecule has 0 atom stereocenters. The lowest BCUT2D eigenvalue weighted by molar-refractivity contribution is 0.777. The molecule has 0 bridgehead atoms. The van der Waals surface area contributed by atoms with Crippen molar-refractivity contribution in [3.8, 4) is 0 Å². The van der Waals surface area contributed by atoms with Crippen molar-refractivity contribution in [1.29, 1.82) is 0 Å². The number of benzene rings is 2. The lowest BCUT2D eigenvalue weighted by Gasteiger charge is -2.25. The number of hydrogen-bond acceptors (Lipinski definition) is 3. The monoisotopic (exact) mass is 389 g/mol. The molecule has 0 aliphatic heterocycles. The Morgan fingerprint density at radius 3 is 2.46 bits per heavy atom. The van der Waals surface area contributed by atoms with E-state index in [1.54, 1.807) is 24.4 Å². The first-order chi connectivity index (χ1) is 13.6. The number of pyridine rings is 1. The summed E-state index contributed by atoms with van der Waals surface area (Å²) >= 11 is 6.00. The molecule has 5 heteroatoms. The molecule has 2 aromatic carbocycles. The molecule has 2 aromatic heterocycles. The highest BCUT2D eigenvalue weighted by molar-refractivity contribution is 6.30. The number of aryl methyl sites for hydroxylation is 1. The summed E-state index contributed by atoms with van der Waals surface area (Å²) in [4.78, 5) is 19.4. The summed E-state index contributed by atoms with van der Waals surface area (Å²) in [5.74, 6) is 0. The van der Waals surface area contributed by atoms with E-state index in [1.165, 1.54) is 15.5 Å². The van der Waals surface area contributed by atoms with E-state index >= 15 is 0 Å². The summed E-state index contributed by atoms with van der Waals surface area (Å²) in [5.41, 5.74) is 4.69. The van der Waals surface area contributed by atoms with Gasteiger partial charge in [-0.2, -0.15) is 0 Å². The van der Waals surface area contributed by atoms with E-state index in [1.807, 2.05) is 18.2 Å². The second-order valence-corrected chi connectivity index (χ2v) is 7.27. The molecule has 0 aliphatic carbocycles. The van der Waals surface area contributed by atoms with Crippen molar-refractivity contribution in [3.63, 3.8) is 0 Å².